The van der Waals surface area contributed by atoms with Crippen molar-refractivity contribution in [3.05, 3.63) is 64.7 Å². The van der Waals surface area contributed by atoms with E-state index in [0.717, 1.165) is 18.5 Å². The molecule has 1 unspecified atom stereocenters. The lowest BCUT2D eigenvalue weighted by atomic mass is 9.94. The number of rotatable bonds is 2. The van der Waals surface area contributed by atoms with Crippen molar-refractivity contribution in [1.82, 2.24) is 5.32 Å². The van der Waals surface area contributed by atoms with Gasteiger partial charge in [0.15, 0.2) is 0 Å². The van der Waals surface area contributed by atoms with Crippen LogP contribution in [0.5, 0.6) is 0 Å². The van der Waals surface area contributed by atoms with Gasteiger partial charge in [0, 0.05) is 17.3 Å². The minimum Gasteiger partial charge on any atom is -0.324 e. The molecule has 3 nitrogen and oxygen atoms in total. The van der Waals surface area contributed by atoms with Crippen molar-refractivity contribution >= 4 is 23.2 Å². The summed E-state index contributed by atoms with van der Waals surface area (Å²) in [5.74, 6) is -0.0561. The molecule has 0 spiro atoms. The molecule has 2 aromatic carbocycles. The van der Waals surface area contributed by atoms with Gasteiger partial charge in [0.1, 0.15) is 6.04 Å². The van der Waals surface area contributed by atoms with Gasteiger partial charge in [-0.3, -0.25) is 4.79 Å². The molecule has 1 heterocycles. The molecular weight excluding hydrogens is 272 g/mol. The van der Waals surface area contributed by atoms with Gasteiger partial charge in [-0.05, 0) is 35.7 Å². The average Bonchev–Trinajstić information content (AvgIpc) is 2.46. The van der Waals surface area contributed by atoms with Gasteiger partial charge in [0.2, 0.25) is 5.91 Å². The fourth-order valence-corrected chi connectivity index (χ4v) is 2.71. The van der Waals surface area contributed by atoms with Crippen LogP contribution in [0.3, 0.4) is 0 Å². The minimum atomic E-state index is -0.307. The van der Waals surface area contributed by atoms with E-state index in [0.29, 0.717) is 10.7 Å². The highest BCUT2D eigenvalue weighted by Crippen LogP contribution is 2.24. The van der Waals surface area contributed by atoms with Crippen LogP contribution < -0.4 is 10.6 Å². The topological polar surface area (TPSA) is 41.1 Å². The molecule has 0 saturated carbocycles. The Hall–Kier alpha value is -1.84. The Bertz CT molecular complexity index is 642. The number of carbonyl (C=O) groups is 1. The van der Waals surface area contributed by atoms with E-state index in [2.05, 4.69) is 16.7 Å². The Kier molecular flexibility index (Phi) is 3.72. The predicted octanol–water partition coefficient (Wildman–Crippen LogP) is 3.17. The van der Waals surface area contributed by atoms with Crippen LogP contribution in [-0.2, 0) is 11.2 Å². The summed E-state index contributed by atoms with van der Waals surface area (Å²) in [5, 5.41) is 6.78. The van der Waals surface area contributed by atoms with Crippen molar-refractivity contribution < 1.29 is 4.79 Å². The first-order valence-electron chi connectivity index (χ1n) is 6.61. The smallest absolute Gasteiger partial charge is 0.246 e. The summed E-state index contributed by atoms with van der Waals surface area (Å²) in [6, 6.07) is 14.9. The van der Waals surface area contributed by atoms with Crippen LogP contribution in [0.15, 0.2) is 48.5 Å². The van der Waals surface area contributed by atoms with Gasteiger partial charge in [0.25, 0.3) is 0 Å². The number of fused-ring (bicyclic) bond motifs is 1. The number of carbonyl (C=O) groups excluding carboxylic acids is 1. The van der Waals surface area contributed by atoms with E-state index in [-0.39, 0.29) is 11.9 Å². The third kappa shape index (κ3) is 2.69. The molecule has 0 bridgehead atoms. The molecule has 1 atom stereocenters. The number of hydrogen-bond donors (Lipinski definition) is 2. The molecule has 0 saturated heterocycles. The quantitative estimate of drug-likeness (QED) is 0.890. The maximum Gasteiger partial charge on any atom is 0.246 e. The van der Waals surface area contributed by atoms with E-state index in [4.69, 9.17) is 11.6 Å². The second-order valence-corrected chi connectivity index (χ2v) is 5.27. The monoisotopic (exact) mass is 286 g/mol. The van der Waals surface area contributed by atoms with Gasteiger partial charge >= 0.3 is 0 Å². The number of amides is 1. The van der Waals surface area contributed by atoms with E-state index in [1.165, 1.54) is 5.56 Å². The van der Waals surface area contributed by atoms with Crippen LogP contribution >= 0.6 is 11.6 Å². The number of anilines is 1. The highest BCUT2D eigenvalue weighted by molar-refractivity contribution is 6.30. The van der Waals surface area contributed by atoms with Crippen LogP contribution in [0.2, 0.25) is 5.02 Å². The molecule has 2 aromatic rings. The molecule has 0 aromatic heterocycles. The second-order valence-electron chi connectivity index (χ2n) is 4.84. The molecule has 1 aliphatic heterocycles. The molecule has 1 amide bonds. The summed E-state index contributed by atoms with van der Waals surface area (Å²) >= 11 is 5.93. The zero-order chi connectivity index (χ0) is 13.9. The first-order valence-corrected chi connectivity index (χ1v) is 6.99. The van der Waals surface area contributed by atoms with E-state index >= 15 is 0 Å². The molecule has 3 rings (SSSR count). The molecule has 0 fully saturated rings. The fraction of sp³-hybridized carbons (Fsp3) is 0.188. The molecule has 20 heavy (non-hydrogen) atoms. The number of nitrogens with one attached hydrogen (secondary N) is 2. The predicted molar refractivity (Wildman–Crippen MR) is 81.0 cm³/mol. The third-order valence-corrected chi connectivity index (χ3v) is 3.70. The molecule has 102 valence electrons. The number of halogens is 1. The lowest BCUT2D eigenvalue weighted by Gasteiger charge is -2.26. The van der Waals surface area contributed by atoms with Crippen LogP contribution in [0.4, 0.5) is 5.69 Å². The summed E-state index contributed by atoms with van der Waals surface area (Å²) in [6.45, 7) is 0.810. The SMILES string of the molecule is O=C(Nc1cccc(Cl)c1)C1NCCc2ccccc21. The second kappa shape index (κ2) is 5.65. The Morgan fingerprint density at radius 2 is 2.05 bits per heavy atom. The summed E-state index contributed by atoms with van der Waals surface area (Å²) in [6.07, 6.45) is 0.955. The summed E-state index contributed by atoms with van der Waals surface area (Å²) in [4.78, 5) is 12.4. The first-order chi connectivity index (χ1) is 9.74. The Morgan fingerprint density at radius 1 is 1.20 bits per heavy atom. The standard InChI is InChI=1S/C16H15ClN2O/c17-12-5-3-6-13(10-12)19-16(20)15-14-7-2-1-4-11(14)8-9-18-15/h1-7,10,15,18H,8-9H2,(H,19,20). The highest BCUT2D eigenvalue weighted by Gasteiger charge is 2.25. The largest absolute Gasteiger partial charge is 0.324 e. The first kappa shape index (κ1) is 13.2. The van der Waals surface area contributed by atoms with E-state index < -0.39 is 0 Å². The van der Waals surface area contributed by atoms with E-state index in [1.54, 1.807) is 12.1 Å². The molecule has 2 N–H and O–H groups in total. The van der Waals surface area contributed by atoms with Crippen molar-refractivity contribution in [2.75, 3.05) is 11.9 Å². The zero-order valence-corrected chi connectivity index (χ0v) is 11.7. The lowest BCUT2D eigenvalue weighted by Crippen LogP contribution is -2.38. The van der Waals surface area contributed by atoms with E-state index in [9.17, 15) is 4.79 Å². The van der Waals surface area contributed by atoms with Crippen LogP contribution in [0, 0.1) is 0 Å². The summed E-state index contributed by atoms with van der Waals surface area (Å²) in [7, 11) is 0. The molecule has 1 aliphatic rings. The van der Waals surface area contributed by atoms with Gasteiger partial charge in [0.05, 0.1) is 0 Å². The van der Waals surface area contributed by atoms with Crippen LogP contribution in [0.25, 0.3) is 0 Å². The van der Waals surface area contributed by atoms with Gasteiger partial charge in [-0.2, -0.15) is 0 Å². The number of hydrogen-bond acceptors (Lipinski definition) is 2. The van der Waals surface area contributed by atoms with Gasteiger partial charge < -0.3 is 10.6 Å². The average molecular weight is 287 g/mol. The summed E-state index contributed by atoms with van der Waals surface area (Å²) in [5.41, 5.74) is 3.00. The lowest BCUT2D eigenvalue weighted by molar-refractivity contribution is -0.118. The zero-order valence-electron chi connectivity index (χ0n) is 10.9. The van der Waals surface area contributed by atoms with Crippen LogP contribution in [0.1, 0.15) is 17.2 Å². The van der Waals surface area contributed by atoms with Gasteiger partial charge in [-0.25, -0.2) is 0 Å². The maximum absolute atomic E-state index is 12.4. The number of benzene rings is 2. The molecule has 0 radical (unpaired) electrons. The van der Waals surface area contributed by atoms with Crippen molar-refractivity contribution in [2.24, 2.45) is 0 Å². The van der Waals surface area contributed by atoms with Crippen molar-refractivity contribution in [2.45, 2.75) is 12.5 Å². The highest BCUT2D eigenvalue weighted by atomic mass is 35.5. The Labute approximate surface area is 123 Å². The Balaban J connectivity index is 1.82. The maximum atomic E-state index is 12.4. The van der Waals surface area contributed by atoms with Gasteiger partial charge in [-0.1, -0.05) is 41.9 Å². The van der Waals surface area contributed by atoms with Crippen LogP contribution in [-0.4, -0.2) is 12.5 Å². The minimum absolute atomic E-state index is 0.0561. The molecule has 0 aliphatic carbocycles. The molecular formula is C16H15ClN2O. The fourth-order valence-electron chi connectivity index (χ4n) is 2.52. The normalized spacial score (nSPS) is 17.4. The Morgan fingerprint density at radius 3 is 2.90 bits per heavy atom. The van der Waals surface area contributed by atoms with Crippen molar-refractivity contribution in [1.29, 1.82) is 0 Å². The van der Waals surface area contributed by atoms with Gasteiger partial charge in [-0.15, -0.1) is 0 Å². The summed E-state index contributed by atoms with van der Waals surface area (Å²) < 4.78 is 0. The van der Waals surface area contributed by atoms with Crippen molar-refractivity contribution in [3.63, 3.8) is 0 Å². The third-order valence-electron chi connectivity index (χ3n) is 3.46. The van der Waals surface area contributed by atoms with E-state index in [1.807, 2.05) is 30.3 Å². The van der Waals surface area contributed by atoms with Crippen molar-refractivity contribution in [3.8, 4) is 0 Å². The molecule has 4 heteroatoms.